The van der Waals surface area contributed by atoms with Gasteiger partial charge >= 0.3 is 0 Å². The number of carbonyl (C=O) groups excluding carboxylic acids is 1. The molecule has 1 amide bonds. The van der Waals surface area contributed by atoms with E-state index in [1.165, 1.54) is 0 Å². The van der Waals surface area contributed by atoms with Gasteiger partial charge in [-0.3, -0.25) is 4.79 Å². The van der Waals surface area contributed by atoms with Crippen molar-refractivity contribution in [3.8, 4) is 5.75 Å². The second-order valence-corrected chi connectivity index (χ2v) is 6.29. The van der Waals surface area contributed by atoms with Gasteiger partial charge in [0.25, 0.3) is 5.91 Å². The van der Waals surface area contributed by atoms with Gasteiger partial charge in [-0.25, -0.2) is 0 Å². The fourth-order valence-electron chi connectivity index (χ4n) is 2.64. The number of nitrogens with one attached hydrogen (secondary N) is 1. The minimum absolute atomic E-state index is 0.0928. The Morgan fingerprint density at radius 2 is 1.79 bits per heavy atom. The fourth-order valence-corrected chi connectivity index (χ4v) is 2.64. The van der Waals surface area contributed by atoms with Crippen molar-refractivity contribution in [2.45, 2.75) is 52.7 Å². The molecule has 1 N–H and O–H groups in total. The van der Waals surface area contributed by atoms with Crippen LogP contribution < -0.4 is 10.1 Å². The zero-order valence-electron chi connectivity index (χ0n) is 15.2. The molecule has 0 heterocycles. The first-order chi connectivity index (χ1) is 11.4. The maximum atomic E-state index is 12.7. The van der Waals surface area contributed by atoms with Crippen LogP contribution in [0.5, 0.6) is 5.75 Å². The van der Waals surface area contributed by atoms with Crippen molar-refractivity contribution >= 4 is 22.4 Å². The van der Waals surface area contributed by atoms with Gasteiger partial charge in [0.05, 0.1) is 6.10 Å². The second-order valence-electron chi connectivity index (χ2n) is 6.29. The normalized spacial score (nSPS) is 13.8. The Morgan fingerprint density at radius 3 is 2.38 bits per heavy atom. The summed E-state index contributed by atoms with van der Waals surface area (Å²) in [6.07, 6.45) is 0.703. The molecule has 4 nitrogen and oxygen atoms in total. The monoisotopic (exact) mass is 329 g/mol. The average Bonchev–Trinajstić information content (AvgIpc) is 2.56. The summed E-state index contributed by atoms with van der Waals surface area (Å²) in [6.45, 7) is 10.2. The van der Waals surface area contributed by atoms with Crippen molar-refractivity contribution in [3.63, 3.8) is 0 Å². The Labute approximate surface area is 144 Å². The Morgan fingerprint density at radius 1 is 1.12 bits per heavy atom. The number of ether oxygens (including phenoxy) is 2. The standard InChI is InChI=1S/C20H27NO3/c1-6-20(5,23-7-2)19(22)21-17-12-13-18(24-14(3)4)16-11-9-8-10-15(16)17/h8-14H,6-7H2,1-5H3,(H,21,22). The van der Waals surface area contributed by atoms with E-state index in [2.05, 4.69) is 5.32 Å². The summed E-state index contributed by atoms with van der Waals surface area (Å²) in [6, 6.07) is 11.7. The van der Waals surface area contributed by atoms with E-state index in [1.54, 1.807) is 0 Å². The number of benzene rings is 2. The van der Waals surface area contributed by atoms with Crippen LogP contribution in [-0.2, 0) is 9.53 Å². The van der Waals surface area contributed by atoms with Crippen LogP contribution >= 0.6 is 0 Å². The first kappa shape index (κ1) is 18.3. The number of hydrogen-bond acceptors (Lipinski definition) is 3. The molecule has 1 atom stereocenters. The van der Waals surface area contributed by atoms with Gasteiger partial charge in [-0.05, 0) is 46.2 Å². The van der Waals surface area contributed by atoms with Gasteiger partial charge in [-0.1, -0.05) is 31.2 Å². The van der Waals surface area contributed by atoms with E-state index < -0.39 is 5.60 Å². The summed E-state index contributed by atoms with van der Waals surface area (Å²) in [5.74, 6) is 0.691. The second kappa shape index (κ2) is 7.67. The van der Waals surface area contributed by atoms with Crippen LogP contribution in [0.15, 0.2) is 36.4 Å². The number of carbonyl (C=O) groups is 1. The summed E-state index contributed by atoms with van der Waals surface area (Å²) >= 11 is 0. The first-order valence-electron chi connectivity index (χ1n) is 8.55. The van der Waals surface area contributed by atoms with Crippen LogP contribution in [0.3, 0.4) is 0 Å². The van der Waals surface area contributed by atoms with Crippen molar-refractivity contribution in [1.82, 2.24) is 0 Å². The Kier molecular flexibility index (Phi) is 5.84. The summed E-state index contributed by atoms with van der Waals surface area (Å²) < 4.78 is 11.5. The van der Waals surface area contributed by atoms with Crippen molar-refractivity contribution < 1.29 is 14.3 Å². The third-order valence-corrected chi connectivity index (χ3v) is 4.11. The smallest absolute Gasteiger partial charge is 0.256 e. The molecule has 0 saturated heterocycles. The van der Waals surface area contributed by atoms with Crippen LogP contribution in [0.25, 0.3) is 10.8 Å². The number of hydrogen-bond donors (Lipinski definition) is 1. The first-order valence-corrected chi connectivity index (χ1v) is 8.55. The zero-order chi connectivity index (χ0) is 17.7. The van der Waals surface area contributed by atoms with Crippen LogP contribution in [0, 0.1) is 0 Å². The quantitative estimate of drug-likeness (QED) is 0.796. The van der Waals surface area contributed by atoms with Gasteiger partial charge in [0.2, 0.25) is 0 Å². The van der Waals surface area contributed by atoms with E-state index in [0.29, 0.717) is 13.0 Å². The Hall–Kier alpha value is -2.07. The molecule has 0 aromatic heterocycles. The predicted molar refractivity (Wildman–Crippen MR) is 98.7 cm³/mol. The van der Waals surface area contributed by atoms with Crippen LogP contribution in [-0.4, -0.2) is 24.2 Å². The molecule has 0 spiro atoms. The fraction of sp³-hybridized carbons (Fsp3) is 0.450. The molecule has 2 aromatic carbocycles. The summed E-state index contributed by atoms with van der Waals surface area (Å²) in [7, 11) is 0. The van der Waals surface area contributed by atoms with Gasteiger partial charge in [0.1, 0.15) is 11.4 Å². The molecular formula is C20H27NO3. The maximum Gasteiger partial charge on any atom is 0.256 e. The van der Waals surface area contributed by atoms with E-state index in [9.17, 15) is 4.79 Å². The lowest BCUT2D eigenvalue weighted by molar-refractivity contribution is -0.139. The van der Waals surface area contributed by atoms with Crippen LogP contribution in [0.1, 0.15) is 41.0 Å². The molecule has 0 radical (unpaired) electrons. The molecular weight excluding hydrogens is 302 g/mol. The number of amides is 1. The average molecular weight is 329 g/mol. The molecule has 2 rings (SSSR count). The largest absolute Gasteiger partial charge is 0.490 e. The molecule has 0 bridgehead atoms. The van der Waals surface area contributed by atoms with Crippen LogP contribution in [0.2, 0.25) is 0 Å². The lowest BCUT2D eigenvalue weighted by Crippen LogP contribution is -2.42. The predicted octanol–water partition coefficient (Wildman–Crippen LogP) is 4.77. The number of fused-ring (bicyclic) bond motifs is 1. The minimum atomic E-state index is -0.830. The van der Waals surface area contributed by atoms with Gasteiger partial charge in [0, 0.05) is 23.1 Å². The van der Waals surface area contributed by atoms with Crippen LogP contribution in [0.4, 0.5) is 5.69 Å². The van der Waals surface area contributed by atoms with E-state index in [4.69, 9.17) is 9.47 Å². The third-order valence-electron chi connectivity index (χ3n) is 4.11. The van der Waals surface area contributed by atoms with Crippen molar-refractivity contribution in [2.75, 3.05) is 11.9 Å². The highest BCUT2D eigenvalue weighted by Crippen LogP contribution is 2.33. The van der Waals surface area contributed by atoms with E-state index >= 15 is 0 Å². The van der Waals surface area contributed by atoms with Crippen molar-refractivity contribution in [1.29, 1.82) is 0 Å². The van der Waals surface area contributed by atoms with Gasteiger partial charge in [0.15, 0.2) is 0 Å². The zero-order valence-corrected chi connectivity index (χ0v) is 15.2. The Balaban J connectivity index is 2.38. The van der Waals surface area contributed by atoms with Crippen molar-refractivity contribution in [3.05, 3.63) is 36.4 Å². The SMILES string of the molecule is CCOC(C)(CC)C(=O)Nc1ccc(OC(C)C)c2ccccc12. The molecule has 4 heteroatoms. The molecule has 130 valence electrons. The highest BCUT2D eigenvalue weighted by Gasteiger charge is 2.32. The topological polar surface area (TPSA) is 47.6 Å². The van der Waals surface area contributed by atoms with Gasteiger partial charge in [-0.15, -0.1) is 0 Å². The summed E-state index contributed by atoms with van der Waals surface area (Å²) in [5.41, 5.74) is -0.0609. The summed E-state index contributed by atoms with van der Waals surface area (Å²) in [5, 5.41) is 4.96. The lowest BCUT2D eigenvalue weighted by atomic mass is 10.0. The number of rotatable bonds is 7. The van der Waals surface area contributed by atoms with Gasteiger partial charge < -0.3 is 14.8 Å². The van der Waals surface area contributed by atoms with E-state index in [-0.39, 0.29) is 12.0 Å². The molecule has 0 fully saturated rings. The summed E-state index contributed by atoms with van der Waals surface area (Å²) in [4.78, 5) is 12.7. The molecule has 1 unspecified atom stereocenters. The molecule has 24 heavy (non-hydrogen) atoms. The molecule has 0 aliphatic carbocycles. The van der Waals surface area contributed by atoms with E-state index in [1.807, 2.05) is 71.0 Å². The molecule has 0 saturated carbocycles. The Bertz CT molecular complexity index is 711. The lowest BCUT2D eigenvalue weighted by Gasteiger charge is -2.27. The third kappa shape index (κ3) is 3.88. The van der Waals surface area contributed by atoms with E-state index in [0.717, 1.165) is 22.2 Å². The van der Waals surface area contributed by atoms with Gasteiger partial charge in [-0.2, -0.15) is 0 Å². The number of anilines is 1. The minimum Gasteiger partial charge on any atom is -0.490 e. The molecule has 0 aliphatic heterocycles. The maximum absolute atomic E-state index is 12.7. The highest BCUT2D eigenvalue weighted by atomic mass is 16.5. The highest BCUT2D eigenvalue weighted by molar-refractivity contribution is 6.06. The molecule has 0 aliphatic rings. The molecule has 2 aromatic rings. The van der Waals surface area contributed by atoms with Crippen molar-refractivity contribution in [2.24, 2.45) is 0 Å².